The van der Waals surface area contributed by atoms with Gasteiger partial charge in [0.05, 0.1) is 31.1 Å². The summed E-state index contributed by atoms with van der Waals surface area (Å²) in [6, 6.07) is 11.4. The van der Waals surface area contributed by atoms with E-state index in [-0.39, 0.29) is 50.9 Å². The Hall–Kier alpha value is -3.88. The lowest BCUT2D eigenvalue weighted by Crippen LogP contribution is -2.51. The van der Waals surface area contributed by atoms with Gasteiger partial charge in [-0.3, -0.25) is 14.6 Å². The maximum atomic E-state index is 13.3. The molecule has 2 heterocycles. The molecule has 3 amide bonds. The largest absolute Gasteiger partial charge is 0.434 e. The number of methoxy groups -OCH3 is 2. The monoisotopic (exact) mass is 617 g/mol. The summed E-state index contributed by atoms with van der Waals surface area (Å²) in [5, 5.41) is 3.76. The van der Waals surface area contributed by atoms with Crippen LogP contribution < -0.4 is 10.6 Å². The van der Waals surface area contributed by atoms with Crippen molar-refractivity contribution in [3.63, 3.8) is 0 Å². The Labute approximate surface area is 251 Å². The molecule has 0 saturated heterocycles. The van der Waals surface area contributed by atoms with Crippen molar-refractivity contribution < 1.29 is 36.7 Å². The molecule has 2 aromatic heterocycles. The van der Waals surface area contributed by atoms with Crippen LogP contribution >= 0.6 is 0 Å². The fourth-order valence-electron chi connectivity index (χ4n) is 4.16. The van der Waals surface area contributed by atoms with Crippen LogP contribution in [0.15, 0.2) is 53.1 Å². The van der Waals surface area contributed by atoms with Gasteiger partial charge in [0, 0.05) is 46.5 Å². The van der Waals surface area contributed by atoms with Gasteiger partial charge >= 0.3 is 6.03 Å². The quantitative estimate of drug-likeness (QED) is 0.151. The molecule has 0 fully saturated rings. The Morgan fingerprint density at radius 1 is 0.977 bits per heavy atom. The third kappa shape index (κ3) is 11.0. The number of para-hydroxylation sites is 2. The SMILES string of the molecule is COCCN(CCOC)C(=O)NC(CC(=O)NCCCCCC(=O)c1nc2ccccc2o1)S(=O)(=O)Cc1ccccn1. The fraction of sp³-hybridized carbons (Fsp3) is 0.483. The van der Waals surface area contributed by atoms with E-state index < -0.39 is 39.3 Å². The Kier molecular flexibility index (Phi) is 13.5. The topological polar surface area (TPSA) is 170 Å². The predicted octanol–water partition coefficient (Wildman–Crippen LogP) is 2.72. The van der Waals surface area contributed by atoms with Crippen LogP contribution in [0.3, 0.4) is 0 Å². The van der Waals surface area contributed by atoms with E-state index in [4.69, 9.17) is 13.9 Å². The minimum absolute atomic E-state index is 0.0810. The lowest BCUT2D eigenvalue weighted by Gasteiger charge is -2.26. The highest BCUT2D eigenvalue weighted by atomic mass is 32.2. The molecule has 3 aromatic rings. The van der Waals surface area contributed by atoms with E-state index >= 15 is 0 Å². The molecule has 3 rings (SSSR count). The van der Waals surface area contributed by atoms with Gasteiger partial charge in [-0.2, -0.15) is 0 Å². The Morgan fingerprint density at radius 2 is 1.70 bits per heavy atom. The molecule has 1 unspecified atom stereocenters. The number of benzene rings is 1. The van der Waals surface area contributed by atoms with Gasteiger partial charge in [-0.1, -0.05) is 24.6 Å². The van der Waals surface area contributed by atoms with E-state index in [1.807, 2.05) is 12.1 Å². The number of pyridine rings is 1. The van der Waals surface area contributed by atoms with Crippen LogP contribution in [0.25, 0.3) is 11.1 Å². The third-order valence-corrected chi connectivity index (χ3v) is 8.37. The molecule has 14 heteroatoms. The molecule has 0 aliphatic carbocycles. The highest BCUT2D eigenvalue weighted by Gasteiger charge is 2.31. The van der Waals surface area contributed by atoms with E-state index in [2.05, 4.69) is 20.6 Å². The van der Waals surface area contributed by atoms with Gasteiger partial charge in [0.25, 0.3) is 5.89 Å². The normalized spacial score (nSPS) is 12.1. The zero-order valence-corrected chi connectivity index (χ0v) is 25.3. The molecule has 1 aromatic carbocycles. The summed E-state index contributed by atoms with van der Waals surface area (Å²) in [5.74, 6) is -1.09. The van der Waals surface area contributed by atoms with Crippen LogP contribution in [0.1, 0.15) is 48.5 Å². The van der Waals surface area contributed by atoms with Crippen LogP contribution in [0.4, 0.5) is 4.79 Å². The molecule has 13 nitrogen and oxygen atoms in total. The number of carbonyl (C=O) groups is 3. The first-order valence-corrected chi connectivity index (χ1v) is 15.7. The first-order valence-electron chi connectivity index (χ1n) is 14.0. The summed E-state index contributed by atoms with van der Waals surface area (Å²) in [4.78, 5) is 47.9. The summed E-state index contributed by atoms with van der Waals surface area (Å²) in [6.07, 6.45) is 3.06. The number of urea groups is 1. The molecule has 0 bridgehead atoms. The van der Waals surface area contributed by atoms with Gasteiger partial charge in [0.1, 0.15) is 10.9 Å². The second kappa shape index (κ2) is 17.3. The molecule has 0 spiro atoms. The molecule has 234 valence electrons. The number of fused-ring (bicyclic) bond motifs is 1. The number of sulfone groups is 1. The molecular formula is C29H39N5O8S. The maximum Gasteiger partial charge on any atom is 0.318 e. The van der Waals surface area contributed by atoms with Gasteiger partial charge in [-0.05, 0) is 37.1 Å². The minimum Gasteiger partial charge on any atom is -0.434 e. The van der Waals surface area contributed by atoms with Gasteiger partial charge in [0.2, 0.25) is 11.7 Å². The van der Waals surface area contributed by atoms with Crippen LogP contribution in [0.2, 0.25) is 0 Å². The molecular weight excluding hydrogens is 578 g/mol. The molecule has 0 saturated carbocycles. The summed E-state index contributed by atoms with van der Waals surface area (Å²) >= 11 is 0. The van der Waals surface area contributed by atoms with Crippen molar-refractivity contribution in [1.82, 2.24) is 25.5 Å². The molecule has 1 atom stereocenters. The van der Waals surface area contributed by atoms with E-state index in [1.54, 1.807) is 30.3 Å². The predicted molar refractivity (Wildman–Crippen MR) is 159 cm³/mol. The molecule has 43 heavy (non-hydrogen) atoms. The third-order valence-electron chi connectivity index (χ3n) is 6.52. The smallest absolute Gasteiger partial charge is 0.318 e. The Morgan fingerprint density at radius 3 is 2.37 bits per heavy atom. The number of oxazole rings is 1. The standard InChI is InChI=1S/C29H39N5O8S/c1-40-18-16-34(17-19-41-2)29(37)33-27(43(38,39)21-22-10-7-9-14-30-22)20-26(36)31-15-8-3-4-12-24(35)28-32-23-11-5-6-13-25(23)42-28/h5-7,9-11,13-14,27H,3-4,8,12,15-21H2,1-2H3,(H,31,36)(H,33,37). The van der Waals surface area contributed by atoms with E-state index in [0.29, 0.717) is 36.1 Å². The lowest BCUT2D eigenvalue weighted by atomic mass is 10.1. The van der Waals surface area contributed by atoms with Crippen LogP contribution in [0, 0.1) is 0 Å². The average Bonchev–Trinajstić information content (AvgIpc) is 3.43. The number of hydrogen-bond acceptors (Lipinski definition) is 10. The van der Waals surface area contributed by atoms with Crippen LogP contribution in [-0.4, -0.2) is 93.4 Å². The number of Topliss-reactive ketones (excluding diaryl/α,β-unsaturated/α-hetero) is 1. The Balaban J connectivity index is 1.52. The van der Waals surface area contributed by atoms with Crippen molar-refractivity contribution in [3.8, 4) is 0 Å². The van der Waals surface area contributed by atoms with Gasteiger partial charge in [0.15, 0.2) is 15.4 Å². The molecule has 0 radical (unpaired) electrons. The summed E-state index contributed by atoms with van der Waals surface area (Å²) in [5.41, 5.74) is 1.48. The first-order chi connectivity index (χ1) is 20.7. The van der Waals surface area contributed by atoms with Crippen molar-refractivity contribution in [2.75, 3.05) is 47.1 Å². The van der Waals surface area contributed by atoms with Crippen molar-refractivity contribution >= 4 is 38.7 Å². The number of rotatable bonds is 19. The second-order valence-corrected chi connectivity index (χ2v) is 12.0. The van der Waals surface area contributed by atoms with Gasteiger partial charge in [-0.15, -0.1) is 0 Å². The number of unbranched alkanes of at least 4 members (excludes halogenated alkanes) is 2. The Bertz CT molecular complexity index is 1390. The summed E-state index contributed by atoms with van der Waals surface area (Å²) in [7, 11) is -1.04. The first kappa shape index (κ1) is 33.6. The number of hydrogen-bond donors (Lipinski definition) is 2. The van der Waals surface area contributed by atoms with Crippen LogP contribution in [-0.2, 0) is 29.9 Å². The second-order valence-electron chi connectivity index (χ2n) is 9.81. The van der Waals surface area contributed by atoms with Crippen molar-refractivity contribution in [2.45, 2.75) is 43.2 Å². The average molecular weight is 618 g/mol. The zero-order chi connectivity index (χ0) is 31.1. The van der Waals surface area contributed by atoms with Crippen molar-refractivity contribution in [2.24, 2.45) is 0 Å². The van der Waals surface area contributed by atoms with Gasteiger partial charge in [-0.25, -0.2) is 18.2 Å². The molecule has 0 aliphatic heterocycles. The van der Waals surface area contributed by atoms with Crippen molar-refractivity contribution in [1.29, 1.82) is 0 Å². The number of ether oxygens (including phenoxy) is 2. The lowest BCUT2D eigenvalue weighted by molar-refractivity contribution is -0.121. The van der Waals surface area contributed by atoms with E-state index in [0.717, 1.165) is 0 Å². The zero-order valence-electron chi connectivity index (χ0n) is 24.5. The number of nitrogens with zero attached hydrogens (tertiary/aromatic N) is 3. The number of amides is 3. The number of nitrogens with one attached hydrogen (secondary N) is 2. The fourth-order valence-corrected chi connectivity index (χ4v) is 5.63. The number of carbonyl (C=O) groups excluding carboxylic acids is 3. The highest BCUT2D eigenvalue weighted by Crippen LogP contribution is 2.17. The number of ketones is 1. The summed E-state index contributed by atoms with van der Waals surface area (Å²) in [6.45, 7) is 1.18. The van der Waals surface area contributed by atoms with Crippen molar-refractivity contribution in [3.05, 3.63) is 60.2 Å². The molecule has 2 N–H and O–H groups in total. The maximum absolute atomic E-state index is 13.3. The molecule has 0 aliphatic rings. The number of aromatic nitrogens is 2. The minimum atomic E-state index is -4.02. The van der Waals surface area contributed by atoms with E-state index in [1.165, 1.54) is 25.3 Å². The van der Waals surface area contributed by atoms with Crippen LogP contribution in [0.5, 0.6) is 0 Å². The summed E-state index contributed by atoms with van der Waals surface area (Å²) < 4.78 is 42.3. The van der Waals surface area contributed by atoms with E-state index in [9.17, 15) is 22.8 Å². The highest BCUT2D eigenvalue weighted by molar-refractivity contribution is 7.91. The van der Waals surface area contributed by atoms with Gasteiger partial charge < -0.3 is 29.4 Å².